The van der Waals surface area contributed by atoms with Crippen LogP contribution in [0.1, 0.15) is 11.1 Å². The molecule has 106 valence electrons. The maximum atomic E-state index is 9.83. The summed E-state index contributed by atoms with van der Waals surface area (Å²) >= 11 is 12.2. The van der Waals surface area contributed by atoms with Crippen LogP contribution < -0.4 is 0 Å². The Kier molecular flexibility index (Phi) is 5.06. The number of hydrogen-bond donors (Lipinski definition) is 2. The molecule has 0 radical (unpaired) electrons. The number of rotatable bonds is 5. The molecular weight excluding hydrogens is 295 g/mol. The number of aliphatic hydroxyl groups excluding tert-OH is 2. The molecule has 0 heterocycles. The van der Waals surface area contributed by atoms with Crippen LogP contribution in [0, 0.1) is 0 Å². The van der Waals surface area contributed by atoms with E-state index in [0.29, 0.717) is 16.5 Å². The lowest BCUT2D eigenvalue weighted by atomic mass is 9.77. The van der Waals surface area contributed by atoms with Gasteiger partial charge in [0.05, 0.1) is 13.2 Å². The second kappa shape index (κ2) is 6.59. The van der Waals surface area contributed by atoms with Gasteiger partial charge >= 0.3 is 0 Å². The van der Waals surface area contributed by atoms with Gasteiger partial charge in [-0.05, 0) is 35.7 Å². The zero-order valence-electron chi connectivity index (χ0n) is 10.9. The van der Waals surface area contributed by atoms with Crippen LogP contribution in [0.2, 0.25) is 10.0 Å². The fourth-order valence-corrected chi connectivity index (χ4v) is 2.66. The third-order valence-corrected chi connectivity index (χ3v) is 4.13. The first-order chi connectivity index (χ1) is 9.61. The van der Waals surface area contributed by atoms with Crippen LogP contribution in [-0.2, 0) is 11.8 Å². The Morgan fingerprint density at radius 1 is 0.900 bits per heavy atom. The molecule has 0 fully saturated rings. The Morgan fingerprint density at radius 3 is 2.20 bits per heavy atom. The van der Waals surface area contributed by atoms with E-state index in [1.807, 2.05) is 30.3 Å². The van der Waals surface area contributed by atoms with Crippen molar-refractivity contribution in [2.75, 3.05) is 13.2 Å². The second-order valence-electron chi connectivity index (χ2n) is 4.88. The van der Waals surface area contributed by atoms with Crippen molar-refractivity contribution in [3.8, 4) is 0 Å². The lowest BCUT2D eigenvalue weighted by molar-refractivity contribution is 0.116. The van der Waals surface area contributed by atoms with E-state index in [9.17, 15) is 10.2 Å². The smallest absolute Gasteiger partial charge is 0.0553 e. The van der Waals surface area contributed by atoms with Crippen LogP contribution in [0.3, 0.4) is 0 Å². The van der Waals surface area contributed by atoms with Crippen molar-refractivity contribution < 1.29 is 10.2 Å². The molecule has 4 heteroatoms. The topological polar surface area (TPSA) is 40.5 Å². The third kappa shape index (κ3) is 3.15. The number of aliphatic hydroxyl groups is 2. The maximum Gasteiger partial charge on any atom is 0.0553 e. The first kappa shape index (κ1) is 15.3. The maximum absolute atomic E-state index is 9.83. The molecule has 2 aromatic carbocycles. The van der Waals surface area contributed by atoms with Gasteiger partial charge in [-0.25, -0.2) is 0 Å². The standard InChI is InChI=1S/C16H16Cl2O2/c17-14-6-3-5-13(8-14)16(10-19,11-20)9-12-4-1-2-7-15(12)18/h1-8,19-20H,9-11H2. The molecule has 0 aliphatic carbocycles. The molecule has 0 atom stereocenters. The van der Waals surface area contributed by atoms with Crippen molar-refractivity contribution in [1.29, 1.82) is 0 Å². The van der Waals surface area contributed by atoms with Crippen molar-refractivity contribution >= 4 is 23.2 Å². The summed E-state index contributed by atoms with van der Waals surface area (Å²) in [6.07, 6.45) is 0.444. The van der Waals surface area contributed by atoms with Gasteiger partial charge in [-0.2, -0.15) is 0 Å². The minimum atomic E-state index is -0.796. The van der Waals surface area contributed by atoms with E-state index in [1.165, 1.54) is 0 Å². The summed E-state index contributed by atoms with van der Waals surface area (Å²) in [6, 6.07) is 14.6. The summed E-state index contributed by atoms with van der Waals surface area (Å²) in [7, 11) is 0. The fourth-order valence-electron chi connectivity index (χ4n) is 2.27. The third-order valence-electron chi connectivity index (χ3n) is 3.53. The number of halogens is 2. The van der Waals surface area contributed by atoms with Crippen LogP contribution in [0.25, 0.3) is 0 Å². The van der Waals surface area contributed by atoms with E-state index >= 15 is 0 Å². The highest BCUT2D eigenvalue weighted by Gasteiger charge is 2.32. The second-order valence-corrected chi connectivity index (χ2v) is 5.72. The SMILES string of the molecule is OCC(CO)(Cc1ccccc1Cl)c1cccc(Cl)c1. The predicted molar refractivity (Wildman–Crippen MR) is 82.5 cm³/mol. The predicted octanol–water partition coefficient (Wildman–Crippen LogP) is 3.46. The summed E-state index contributed by atoms with van der Waals surface area (Å²) in [4.78, 5) is 0. The van der Waals surface area contributed by atoms with Crippen molar-refractivity contribution in [2.45, 2.75) is 11.8 Å². The average molecular weight is 311 g/mol. The molecule has 0 spiro atoms. The molecule has 2 aromatic rings. The molecule has 0 aliphatic rings. The van der Waals surface area contributed by atoms with E-state index in [2.05, 4.69) is 0 Å². The molecule has 20 heavy (non-hydrogen) atoms. The summed E-state index contributed by atoms with van der Waals surface area (Å²) < 4.78 is 0. The Balaban J connectivity index is 2.42. The summed E-state index contributed by atoms with van der Waals surface area (Å²) in [5.41, 5.74) is 0.891. The van der Waals surface area contributed by atoms with Gasteiger partial charge in [0.15, 0.2) is 0 Å². The van der Waals surface area contributed by atoms with E-state index < -0.39 is 5.41 Å². The molecule has 0 saturated heterocycles. The molecule has 0 bridgehead atoms. The lowest BCUT2D eigenvalue weighted by Gasteiger charge is -2.31. The molecule has 2 nitrogen and oxygen atoms in total. The number of hydrogen-bond acceptors (Lipinski definition) is 2. The lowest BCUT2D eigenvalue weighted by Crippen LogP contribution is -2.37. The summed E-state index contributed by atoms with van der Waals surface area (Å²) in [6.45, 7) is -0.371. The van der Waals surface area contributed by atoms with Gasteiger partial charge in [0.1, 0.15) is 0 Å². The van der Waals surface area contributed by atoms with Gasteiger partial charge in [0.25, 0.3) is 0 Å². The Bertz CT molecular complexity index is 580. The van der Waals surface area contributed by atoms with Crippen molar-refractivity contribution in [2.24, 2.45) is 0 Å². The molecule has 0 aromatic heterocycles. The van der Waals surface area contributed by atoms with Crippen LogP contribution in [0.4, 0.5) is 0 Å². The van der Waals surface area contributed by atoms with Gasteiger partial charge in [-0.1, -0.05) is 53.5 Å². The quantitative estimate of drug-likeness (QED) is 0.888. The zero-order chi connectivity index (χ0) is 14.6. The van der Waals surface area contributed by atoms with Crippen molar-refractivity contribution in [1.82, 2.24) is 0 Å². The van der Waals surface area contributed by atoms with Crippen molar-refractivity contribution in [3.05, 3.63) is 69.7 Å². The first-order valence-corrected chi connectivity index (χ1v) is 7.08. The average Bonchev–Trinajstić information content (AvgIpc) is 2.47. The van der Waals surface area contributed by atoms with Crippen LogP contribution in [0.5, 0.6) is 0 Å². The van der Waals surface area contributed by atoms with E-state index in [0.717, 1.165) is 11.1 Å². The summed E-state index contributed by atoms with van der Waals surface area (Å²) in [5.74, 6) is 0. The minimum Gasteiger partial charge on any atom is -0.395 e. The zero-order valence-corrected chi connectivity index (χ0v) is 12.4. The largest absolute Gasteiger partial charge is 0.395 e. The van der Waals surface area contributed by atoms with Gasteiger partial charge in [-0.15, -0.1) is 0 Å². The first-order valence-electron chi connectivity index (χ1n) is 6.32. The fraction of sp³-hybridized carbons (Fsp3) is 0.250. The molecular formula is C16H16Cl2O2. The molecule has 0 unspecified atom stereocenters. The Labute approximate surface area is 128 Å². The van der Waals surface area contributed by atoms with Gasteiger partial charge < -0.3 is 10.2 Å². The molecule has 0 saturated carbocycles. The highest BCUT2D eigenvalue weighted by Crippen LogP contribution is 2.32. The van der Waals surface area contributed by atoms with E-state index in [1.54, 1.807) is 18.2 Å². The molecule has 0 aliphatic heterocycles. The Hall–Kier alpha value is -1.06. The van der Waals surface area contributed by atoms with E-state index in [-0.39, 0.29) is 13.2 Å². The summed E-state index contributed by atoms with van der Waals surface area (Å²) in [5, 5.41) is 20.9. The van der Waals surface area contributed by atoms with Crippen LogP contribution in [-0.4, -0.2) is 23.4 Å². The number of benzene rings is 2. The van der Waals surface area contributed by atoms with E-state index in [4.69, 9.17) is 23.2 Å². The molecule has 2 rings (SSSR count). The monoisotopic (exact) mass is 310 g/mol. The molecule has 0 amide bonds. The van der Waals surface area contributed by atoms with Crippen LogP contribution in [0.15, 0.2) is 48.5 Å². The highest BCUT2D eigenvalue weighted by molar-refractivity contribution is 6.31. The Morgan fingerprint density at radius 2 is 1.60 bits per heavy atom. The van der Waals surface area contributed by atoms with Gasteiger partial charge in [-0.3, -0.25) is 0 Å². The highest BCUT2D eigenvalue weighted by atomic mass is 35.5. The van der Waals surface area contributed by atoms with Gasteiger partial charge in [0, 0.05) is 15.5 Å². The molecule has 2 N–H and O–H groups in total. The minimum absolute atomic E-state index is 0.185. The van der Waals surface area contributed by atoms with Gasteiger partial charge in [0.2, 0.25) is 0 Å². The normalized spacial score (nSPS) is 11.6. The van der Waals surface area contributed by atoms with Crippen molar-refractivity contribution in [3.63, 3.8) is 0 Å². The van der Waals surface area contributed by atoms with Crippen LogP contribution >= 0.6 is 23.2 Å².